The van der Waals surface area contributed by atoms with Gasteiger partial charge in [0.05, 0.1) is 20.8 Å². The number of benzene rings is 1. The zero-order valence-electron chi connectivity index (χ0n) is 28.8. The van der Waals surface area contributed by atoms with Gasteiger partial charge >= 0.3 is 18.2 Å². The molecular formula is C32H57N3O9. The SMILES string of the molecule is CCC.CNC(=O)OC(C)(C)C.COC(=O)CCCCCNC(=O)c1cc(OC)cc(OCCCNC(=O)OC(C)(C)C)c1. The summed E-state index contributed by atoms with van der Waals surface area (Å²) < 4.78 is 25.6. The number of amides is 3. The lowest BCUT2D eigenvalue weighted by Gasteiger charge is -2.19. The Bertz CT molecular complexity index is 971. The molecular weight excluding hydrogens is 570 g/mol. The van der Waals surface area contributed by atoms with Crippen molar-refractivity contribution in [2.45, 2.75) is 105 Å². The second-order valence-corrected chi connectivity index (χ2v) is 11.6. The first-order chi connectivity index (χ1) is 20.5. The minimum atomic E-state index is -0.540. The van der Waals surface area contributed by atoms with E-state index in [0.29, 0.717) is 49.6 Å². The average molecular weight is 628 g/mol. The van der Waals surface area contributed by atoms with Crippen LogP contribution in [-0.2, 0) is 19.0 Å². The van der Waals surface area contributed by atoms with Gasteiger partial charge in [-0.25, -0.2) is 9.59 Å². The molecule has 1 aromatic carbocycles. The van der Waals surface area contributed by atoms with Gasteiger partial charge in [-0.15, -0.1) is 0 Å². The molecule has 0 aliphatic heterocycles. The molecule has 1 aromatic rings. The van der Waals surface area contributed by atoms with Crippen LogP contribution >= 0.6 is 0 Å². The summed E-state index contributed by atoms with van der Waals surface area (Å²) in [6, 6.07) is 4.99. The average Bonchev–Trinajstić information content (AvgIpc) is 2.93. The second kappa shape index (κ2) is 23.7. The van der Waals surface area contributed by atoms with Crippen molar-refractivity contribution in [2.24, 2.45) is 0 Å². The molecule has 0 fully saturated rings. The van der Waals surface area contributed by atoms with E-state index in [1.807, 2.05) is 20.8 Å². The smallest absolute Gasteiger partial charge is 0.407 e. The van der Waals surface area contributed by atoms with Crippen molar-refractivity contribution in [3.8, 4) is 11.5 Å². The molecule has 0 aromatic heterocycles. The Balaban J connectivity index is 0. The van der Waals surface area contributed by atoms with Crippen LogP contribution in [0.5, 0.6) is 11.5 Å². The quantitative estimate of drug-likeness (QED) is 0.136. The topological polar surface area (TPSA) is 151 Å². The number of rotatable bonds is 13. The van der Waals surface area contributed by atoms with Crippen LogP contribution in [0.3, 0.4) is 0 Å². The molecule has 12 heteroatoms. The summed E-state index contributed by atoms with van der Waals surface area (Å²) in [5, 5.41) is 7.89. The van der Waals surface area contributed by atoms with Gasteiger partial charge in [0.15, 0.2) is 0 Å². The highest BCUT2D eigenvalue weighted by molar-refractivity contribution is 5.95. The molecule has 44 heavy (non-hydrogen) atoms. The number of alkyl carbamates (subject to hydrolysis) is 2. The van der Waals surface area contributed by atoms with Gasteiger partial charge in [-0.1, -0.05) is 26.7 Å². The normalized spacial score (nSPS) is 10.4. The summed E-state index contributed by atoms with van der Waals surface area (Å²) >= 11 is 0. The van der Waals surface area contributed by atoms with E-state index >= 15 is 0 Å². The molecule has 0 bridgehead atoms. The van der Waals surface area contributed by atoms with Crippen LogP contribution in [0.4, 0.5) is 9.59 Å². The van der Waals surface area contributed by atoms with E-state index in [1.165, 1.54) is 27.7 Å². The van der Waals surface area contributed by atoms with Gasteiger partial charge in [-0.05, 0) is 72.9 Å². The molecule has 0 saturated carbocycles. The van der Waals surface area contributed by atoms with E-state index in [-0.39, 0.29) is 23.6 Å². The van der Waals surface area contributed by atoms with E-state index in [4.69, 9.17) is 18.9 Å². The number of methoxy groups -OCH3 is 2. The number of esters is 1. The molecule has 254 valence electrons. The number of carbonyl (C=O) groups excluding carboxylic acids is 4. The van der Waals surface area contributed by atoms with Crippen molar-refractivity contribution in [2.75, 3.05) is 41.0 Å². The molecule has 3 amide bonds. The molecule has 0 aliphatic rings. The summed E-state index contributed by atoms with van der Waals surface area (Å²) in [5.41, 5.74) is -0.498. The monoisotopic (exact) mass is 627 g/mol. The standard InChI is InChI=1S/C23H36N2O7.C6H13NO2.C3H8/c1-23(2,3)32-22(28)25-12-9-13-31-19-15-17(14-18(16-19)29-4)21(27)24-11-8-6-7-10-20(26)30-5;1-6(2,3)9-5(8)7-4;1-3-2/h14-16H,6-13H2,1-5H3,(H,24,27)(H,25,28);1-4H3,(H,7,8);3H2,1-2H3. The van der Waals surface area contributed by atoms with Crippen LogP contribution in [0.25, 0.3) is 0 Å². The fourth-order valence-electron chi connectivity index (χ4n) is 2.98. The van der Waals surface area contributed by atoms with Crippen LogP contribution in [0, 0.1) is 0 Å². The first-order valence-corrected chi connectivity index (χ1v) is 15.1. The Morgan fingerprint density at radius 3 is 1.77 bits per heavy atom. The summed E-state index contributed by atoms with van der Waals surface area (Å²) in [4.78, 5) is 45.7. The Hall–Kier alpha value is -3.70. The minimum Gasteiger partial charge on any atom is -0.497 e. The molecule has 12 nitrogen and oxygen atoms in total. The van der Waals surface area contributed by atoms with Crippen molar-refractivity contribution >= 4 is 24.1 Å². The van der Waals surface area contributed by atoms with E-state index in [1.54, 1.807) is 39.0 Å². The van der Waals surface area contributed by atoms with Gasteiger partial charge in [0.25, 0.3) is 5.91 Å². The van der Waals surface area contributed by atoms with Gasteiger partial charge < -0.3 is 39.6 Å². The van der Waals surface area contributed by atoms with Crippen LogP contribution in [0.15, 0.2) is 18.2 Å². The number of hydrogen-bond acceptors (Lipinski definition) is 9. The molecule has 0 radical (unpaired) electrons. The van der Waals surface area contributed by atoms with Crippen LogP contribution in [-0.4, -0.2) is 76.2 Å². The second-order valence-electron chi connectivity index (χ2n) is 11.6. The van der Waals surface area contributed by atoms with E-state index < -0.39 is 11.7 Å². The lowest BCUT2D eigenvalue weighted by molar-refractivity contribution is -0.140. The number of hydrogen-bond donors (Lipinski definition) is 3. The summed E-state index contributed by atoms with van der Waals surface area (Å²) in [6.45, 7) is 16.4. The van der Waals surface area contributed by atoms with Crippen molar-refractivity contribution in [3.05, 3.63) is 23.8 Å². The molecule has 3 N–H and O–H groups in total. The fraction of sp³-hybridized carbons (Fsp3) is 0.688. The first-order valence-electron chi connectivity index (χ1n) is 15.1. The predicted octanol–water partition coefficient (Wildman–Crippen LogP) is 6.01. The highest BCUT2D eigenvalue weighted by atomic mass is 16.6. The fourth-order valence-corrected chi connectivity index (χ4v) is 2.98. The molecule has 1 rings (SSSR count). The van der Waals surface area contributed by atoms with Gasteiger partial charge in [-0.3, -0.25) is 9.59 Å². The van der Waals surface area contributed by atoms with E-state index in [2.05, 4.69) is 34.5 Å². The predicted molar refractivity (Wildman–Crippen MR) is 171 cm³/mol. The maximum absolute atomic E-state index is 12.5. The van der Waals surface area contributed by atoms with Crippen molar-refractivity contribution in [1.29, 1.82) is 0 Å². The van der Waals surface area contributed by atoms with Gasteiger partial charge in [0.2, 0.25) is 0 Å². The summed E-state index contributed by atoms with van der Waals surface area (Å²) in [6.07, 6.45) is 3.66. The van der Waals surface area contributed by atoms with Gasteiger partial charge in [0, 0.05) is 38.2 Å². The van der Waals surface area contributed by atoms with E-state index in [0.717, 1.165) is 19.3 Å². The first kappa shape index (κ1) is 42.4. The van der Waals surface area contributed by atoms with Crippen molar-refractivity contribution in [3.63, 3.8) is 0 Å². The van der Waals surface area contributed by atoms with Crippen LogP contribution < -0.4 is 25.4 Å². The number of nitrogens with one attached hydrogen (secondary N) is 3. The Morgan fingerprint density at radius 2 is 1.27 bits per heavy atom. The van der Waals surface area contributed by atoms with Gasteiger partial charge in [-0.2, -0.15) is 0 Å². The summed E-state index contributed by atoms with van der Waals surface area (Å²) in [7, 11) is 4.43. The third-order valence-corrected chi connectivity index (χ3v) is 4.81. The third kappa shape index (κ3) is 26.0. The lowest BCUT2D eigenvalue weighted by Crippen LogP contribution is -2.33. The molecule has 0 aliphatic carbocycles. The lowest BCUT2D eigenvalue weighted by atomic mass is 10.1. The highest BCUT2D eigenvalue weighted by Gasteiger charge is 2.16. The molecule has 0 heterocycles. The van der Waals surface area contributed by atoms with Crippen LogP contribution in [0.1, 0.15) is 104 Å². The molecule has 0 atom stereocenters. The third-order valence-electron chi connectivity index (χ3n) is 4.81. The maximum Gasteiger partial charge on any atom is 0.407 e. The summed E-state index contributed by atoms with van der Waals surface area (Å²) in [5.74, 6) is 0.564. The molecule has 0 unspecified atom stereocenters. The van der Waals surface area contributed by atoms with Crippen molar-refractivity contribution < 1.29 is 42.9 Å². The highest BCUT2D eigenvalue weighted by Crippen LogP contribution is 2.23. The van der Waals surface area contributed by atoms with Gasteiger partial charge in [0.1, 0.15) is 22.7 Å². The number of unbranched alkanes of at least 4 members (excludes halogenated alkanes) is 2. The maximum atomic E-state index is 12.5. The van der Waals surface area contributed by atoms with E-state index in [9.17, 15) is 19.2 Å². The Kier molecular flexibility index (Phi) is 22.9. The number of carbonyl (C=O) groups is 4. The largest absolute Gasteiger partial charge is 0.497 e. The Morgan fingerprint density at radius 1 is 0.727 bits per heavy atom. The molecule has 0 saturated heterocycles. The van der Waals surface area contributed by atoms with Crippen molar-refractivity contribution in [1.82, 2.24) is 16.0 Å². The minimum absolute atomic E-state index is 0.224. The Labute approximate surface area is 264 Å². The zero-order valence-corrected chi connectivity index (χ0v) is 28.8. The zero-order chi connectivity index (χ0) is 34.2. The number of ether oxygens (including phenoxy) is 5. The molecule has 0 spiro atoms. The van der Waals surface area contributed by atoms with Crippen LogP contribution in [0.2, 0.25) is 0 Å².